The summed E-state index contributed by atoms with van der Waals surface area (Å²) in [4.78, 5) is 28.3. The lowest BCUT2D eigenvalue weighted by molar-refractivity contribution is -0.136. The molecule has 1 heterocycles. The fraction of sp³-hybridized carbons (Fsp3) is 0.269. The molecule has 0 fully saturated rings. The normalized spacial score (nSPS) is 10.6. The van der Waals surface area contributed by atoms with Crippen LogP contribution in [0.2, 0.25) is 5.02 Å². The van der Waals surface area contributed by atoms with Crippen LogP contribution in [0.4, 0.5) is 0 Å². The minimum atomic E-state index is -0.894. The van der Waals surface area contributed by atoms with Gasteiger partial charge in [-0.2, -0.15) is 0 Å². The zero-order chi connectivity index (χ0) is 24.5. The molecule has 3 rings (SSSR count). The maximum atomic E-state index is 12.8. The lowest BCUT2D eigenvalue weighted by Crippen LogP contribution is -2.23. The third-order valence-corrected chi connectivity index (χ3v) is 5.23. The highest BCUT2D eigenvalue weighted by atomic mass is 35.5. The number of ether oxygens (including phenoxy) is 2. The van der Waals surface area contributed by atoms with E-state index in [1.54, 1.807) is 36.5 Å². The summed E-state index contributed by atoms with van der Waals surface area (Å²) >= 11 is 6.30. The standard InChI is InChI=1S/C26H27ClN2O5/c1-3-10-34-21-8-9-22(23(27)14-21)25(32)28-16-20-13-19(15-29-26(20)33-4-2)18-7-5-6-17(11-18)12-24(30)31/h5-9,11,13-15H,3-4,10,12,16H2,1-2H3,(H,28,32)(H,30,31). The Hall–Kier alpha value is -3.58. The molecule has 8 heteroatoms. The Morgan fingerprint density at radius 2 is 1.88 bits per heavy atom. The first kappa shape index (κ1) is 25.1. The molecule has 0 bridgehead atoms. The molecule has 0 aliphatic heterocycles. The zero-order valence-electron chi connectivity index (χ0n) is 19.1. The first-order chi connectivity index (χ1) is 16.4. The van der Waals surface area contributed by atoms with Gasteiger partial charge in [-0.3, -0.25) is 9.59 Å². The molecule has 34 heavy (non-hydrogen) atoms. The summed E-state index contributed by atoms with van der Waals surface area (Å²) in [5.41, 5.74) is 3.34. The number of hydrogen-bond donors (Lipinski definition) is 2. The van der Waals surface area contributed by atoms with Gasteiger partial charge >= 0.3 is 5.97 Å². The largest absolute Gasteiger partial charge is 0.494 e. The average molecular weight is 483 g/mol. The molecule has 0 radical (unpaired) electrons. The van der Waals surface area contributed by atoms with E-state index in [2.05, 4.69) is 10.3 Å². The van der Waals surface area contributed by atoms with Crippen molar-refractivity contribution in [3.63, 3.8) is 0 Å². The number of carboxylic acid groups (broad SMARTS) is 1. The number of pyridine rings is 1. The van der Waals surface area contributed by atoms with E-state index in [0.29, 0.717) is 46.6 Å². The van der Waals surface area contributed by atoms with Gasteiger partial charge < -0.3 is 19.9 Å². The molecule has 0 unspecified atom stereocenters. The van der Waals surface area contributed by atoms with Crippen LogP contribution in [0.3, 0.4) is 0 Å². The second-order valence-corrected chi connectivity index (χ2v) is 7.97. The molecule has 0 saturated carbocycles. The van der Waals surface area contributed by atoms with Crippen LogP contribution in [-0.2, 0) is 17.8 Å². The second-order valence-electron chi connectivity index (χ2n) is 7.56. The number of carboxylic acids is 1. The number of nitrogens with one attached hydrogen (secondary N) is 1. The summed E-state index contributed by atoms with van der Waals surface area (Å²) in [6.45, 7) is 5.04. The van der Waals surface area contributed by atoms with Crippen molar-refractivity contribution in [2.75, 3.05) is 13.2 Å². The van der Waals surface area contributed by atoms with Crippen LogP contribution >= 0.6 is 11.6 Å². The molecule has 2 aromatic carbocycles. The molecule has 0 atom stereocenters. The van der Waals surface area contributed by atoms with Crippen molar-refractivity contribution in [3.8, 4) is 22.8 Å². The van der Waals surface area contributed by atoms with E-state index < -0.39 is 5.97 Å². The minimum absolute atomic E-state index is 0.0652. The molecular formula is C26H27ClN2O5. The van der Waals surface area contributed by atoms with Gasteiger partial charge in [-0.25, -0.2) is 4.98 Å². The second kappa shape index (κ2) is 12.0. The molecule has 0 aliphatic carbocycles. The van der Waals surface area contributed by atoms with E-state index in [1.807, 2.05) is 32.0 Å². The fourth-order valence-electron chi connectivity index (χ4n) is 3.34. The van der Waals surface area contributed by atoms with E-state index in [-0.39, 0.29) is 18.9 Å². The van der Waals surface area contributed by atoms with Gasteiger partial charge in [0.1, 0.15) is 5.75 Å². The van der Waals surface area contributed by atoms with Crippen LogP contribution in [-0.4, -0.2) is 35.2 Å². The lowest BCUT2D eigenvalue weighted by Gasteiger charge is -2.13. The molecule has 0 spiro atoms. The summed E-state index contributed by atoms with van der Waals surface area (Å²) in [6, 6.07) is 14.1. The quantitative estimate of drug-likeness (QED) is 0.392. The summed E-state index contributed by atoms with van der Waals surface area (Å²) in [5, 5.41) is 12.2. The molecule has 0 saturated heterocycles. The molecule has 2 N–H and O–H groups in total. The predicted octanol–water partition coefficient (Wildman–Crippen LogP) is 5.15. The highest BCUT2D eigenvalue weighted by molar-refractivity contribution is 6.34. The number of rotatable bonds is 11. The van der Waals surface area contributed by atoms with Gasteiger partial charge in [0.05, 0.1) is 30.2 Å². The van der Waals surface area contributed by atoms with Gasteiger partial charge in [0.15, 0.2) is 0 Å². The molecular weight excluding hydrogens is 456 g/mol. The number of nitrogens with zero attached hydrogens (tertiary/aromatic N) is 1. The van der Waals surface area contributed by atoms with Gasteiger partial charge in [-0.15, -0.1) is 0 Å². The van der Waals surface area contributed by atoms with Crippen molar-refractivity contribution < 1.29 is 24.2 Å². The third kappa shape index (κ3) is 6.71. The molecule has 1 aromatic heterocycles. The minimum Gasteiger partial charge on any atom is -0.494 e. The number of hydrogen-bond acceptors (Lipinski definition) is 5. The maximum Gasteiger partial charge on any atom is 0.307 e. The Kier molecular flexibility index (Phi) is 8.87. The van der Waals surface area contributed by atoms with E-state index in [9.17, 15) is 9.59 Å². The van der Waals surface area contributed by atoms with Crippen LogP contribution in [0.15, 0.2) is 54.7 Å². The average Bonchev–Trinajstić information content (AvgIpc) is 2.82. The van der Waals surface area contributed by atoms with Crippen molar-refractivity contribution in [3.05, 3.63) is 76.4 Å². The molecule has 0 aliphatic rings. The van der Waals surface area contributed by atoms with Crippen molar-refractivity contribution in [2.45, 2.75) is 33.2 Å². The summed E-state index contributed by atoms with van der Waals surface area (Å²) in [6.07, 6.45) is 2.48. The highest BCUT2D eigenvalue weighted by Gasteiger charge is 2.14. The fourth-order valence-corrected chi connectivity index (χ4v) is 3.60. The predicted molar refractivity (Wildman–Crippen MR) is 131 cm³/mol. The number of aliphatic carboxylic acids is 1. The maximum absolute atomic E-state index is 12.8. The zero-order valence-corrected chi connectivity index (χ0v) is 19.9. The molecule has 3 aromatic rings. The Labute approximate surface area is 203 Å². The number of amides is 1. The first-order valence-electron chi connectivity index (χ1n) is 11.0. The number of carbonyl (C=O) groups is 2. The lowest BCUT2D eigenvalue weighted by atomic mass is 10.0. The Morgan fingerprint density at radius 1 is 1.06 bits per heavy atom. The topological polar surface area (TPSA) is 97.8 Å². The molecule has 178 valence electrons. The van der Waals surface area contributed by atoms with Crippen molar-refractivity contribution in [1.29, 1.82) is 0 Å². The summed E-state index contributed by atoms with van der Waals surface area (Å²) in [5.74, 6) is -0.191. The van der Waals surface area contributed by atoms with Gasteiger partial charge in [0.2, 0.25) is 5.88 Å². The van der Waals surface area contributed by atoms with E-state index in [1.165, 1.54) is 0 Å². The van der Waals surface area contributed by atoms with Crippen LogP contribution in [0, 0.1) is 0 Å². The van der Waals surface area contributed by atoms with Gasteiger partial charge in [0, 0.05) is 23.9 Å². The highest BCUT2D eigenvalue weighted by Crippen LogP contribution is 2.26. The third-order valence-electron chi connectivity index (χ3n) is 4.92. The van der Waals surface area contributed by atoms with Gasteiger partial charge in [-0.05, 0) is 48.7 Å². The number of halogens is 1. The number of carbonyl (C=O) groups excluding carboxylic acids is 1. The van der Waals surface area contributed by atoms with E-state index in [4.69, 9.17) is 26.2 Å². The Bertz CT molecular complexity index is 1170. The monoisotopic (exact) mass is 482 g/mol. The Morgan fingerprint density at radius 3 is 2.59 bits per heavy atom. The SMILES string of the molecule is CCCOc1ccc(C(=O)NCc2cc(-c3cccc(CC(=O)O)c3)cnc2OCC)c(Cl)c1. The summed E-state index contributed by atoms with van der Waals surface area (Å²) in [7, 11) is 0. The van der Waals surface area contributed by atoms with E-state index >= 15 is 0 Å². The first-order valence-corrected chi connectivity index (χ1v) is 11.4. The van der Waals surface area contributed by atoms with E-state index in [0.717, 1.165) is 17.5 Å². The van der Waals surface area contributed by atoms with Crippen molar-refractivity contribution in [1.82, 2.24) is 10.3 Å². The van der Waals surface area contributed by atoms with Gasteiger partial charge in [-0.1, -0.05) is 42.8 Å². The van der Waals surface area contributed by atoms with Crippen molar-refractivity contribution >= 4 is 23.5 Å². The van der Waals surface area contributed by atoms with Crippen LogP contribution in [0.1, 0.15) is 41.8 Å². The summed E-state index contributed by atoms with van der Waals surface area (Å²) < 4.78 is 11.2. The Balaban J connectivity index is 1.79. The van der Waals surface area contributed by atoms with Crippen molar-refractivity contribution in [2.24, 2.45) is 0 Å². The van der Waals surface area contributed by atoms with Crippen LogP contribution < -0.4 is 14.8 Å². The molecule has 7 nitrogen and oxygen atoms in total. The van der Waals surface area contributed by atoms with Crippen LogP contribution in [0.25, 0.3) is 11.1 Å². The number of benzene rings is 2. The molecule has 1 amide bonds. The van der Waals surface area contributed by atoms with Crippen LogP contribution in [0.5, 0.6) is 11.6 Å². The van der Waals surface area contributed by atoms with Gasteiger partial charge in [0.25, 0.3) is 5.91 Å². The smallest absolute Gasteiger partial charge is 0.307 e. The number of aromatic nitrogens is 1.